The molecule has 0 spiro atoms. The highest BCUT2D eigenvalue weighted by atomic mass is 79.9. The third-order valence-corrected chi connectivity index (χ3v) is 5.75. The normalized spacial score (nSPS) is 14.5. The van der Waals surface area contributed by atoms with Gasteiger partial charge >= 0.3 is 6.18 Å². The van der Waals surface area contributed by atoms with Crippen molar-refractivity contribution in [3.8, 4) is 0 Å². The SMILES string of the molecule is Cc1csc(C(O)(CC(=O)NCc2cc(Br)cs2)C(F)(F)F)n1. The van der Waals surface area contributed by atoms with Crippen molar-refractivity contribution in [1.29, 1.82) is 0 Å². The summed E-state index contributed by atoms with van der Waals surface area (Å²) in [7, 11) is 0. The number of amides is 1. The largest absolute Gasteiger partial charge is 0.424 e. The third kappa shape index (κ3) is 4.31. The Balaban J connectivity index is 2.10. The lowest BCUT2D eigenvalue weighted by Gasteiger charge is -2.27. The topological polar surface area (TPSA) is 62.2 Å². The molecule has 0 aliphatic carbocycles. The van der Waals surface area contributed by atoms with Crippen LogP contribution in [0.3, 0.4) is 0 Å². The number of hydrogen-bond acceptors (Lipinski definition) is 5. The average Bonchev–Trinajstić information content (AvgIpc) is 3.04. The third-order valence-electron chi connectivity index (χ3n) is 2.94. The highest BCUT2D eigenvalue weighted by Gasteiger charge is 2.58. The summed E-state index contributed by atoms with van der Waals surface area (Å²) in [6.07, 6.45) is -6.13. The summed E-state index contributed by atoms with van der Waals surface area (Å²) in [6, 6.07) is 1.76. The lowest BCUT2D eigenvalue weighted by Crippen LogP contribution is -2.46. The minimum absolute atomic E-state index is 0.0972. The predicted octanol–water partition coefficient (Wildman–Crippen LogP) is 3.73. The zero-order valence-corrected chi connectivity index (χ0v) is 15.0. The van der Waals surface area contributed by atoms with E-state index < -0.39 is 29.1 Å². The summed E-state index contributed by atoms with van der Waals surface area (Å²) in [5.41, 5.74) is -2.93. The molecule has 10 heteroatoms. The molecule has 126 valence electrons. The first-order valence-electron chi connectivity index (χ1n) is 6.33. The van der Waals surface area contributed by atoms with E-state index in [-0.39, 0.29) is 6.54 Å². The summed E-state index contributed by atoms with van der Waals surface area (Å²) in [4.78, 5) is 16.3. The second-order valence-electron chi connectivity index (χ2n) is 4.84. The van der Waals surface area contributed by atoms with Crippen LogP contribution in [-0.2, 0) is 16.9 Å². The van der Waals surface area contributed by atoms with Crippen LogP contribution >= 0.6 is 38.6 Å². The van der Waals surface area contributed by atoms with Crippen LogP contribution < -0.4 is 5.32 Å². The van der Waals surface area contributed by atoms with Crippen LogP contribution in [0.5, 0.6) is 0 Å². The molecular formula is C13H12BrF3N2O2S2. The van der Waals surface area contributed by atoms with Gasteiger partial charge in [0.2, 0.25) is 11.5 Å². The fourth-order valence-corrected chi connectivity index (χ4v) is 4.07. The number of hydrogen-bond donors (Lipinski definition) is 2. The van der Waals surface area contributed by atoms with Gasteiger partial charge in [-0.2, -0.15) is 13.2 Å². The van der Waals surface area contributed by atoms with Gasteiger partial charge in [0.1, 0.15) is 5.01 Å². The van der Waals surface area contributed by atoms with E-state index in [0.717, 1.165) is 9.35 Å². The van der Waals surface area contributed by atoms with Crippen molar-refractivity contribution in [3.05, 3.63) is 36.9 Å². The van der Waals surface area contributed by atoms with Crippen molar-refractivity contribution in [2.24, 2.45) is 0 Å². The molecule has 0 fully saturated rings. The number of aryl methyl sites for hydroxylation is 1. The fourth-order valence-electron chi connectivity index (χ4n) is 1.77. The van der Waals surface area contributed by atoms with E-state index in [2.05, 4.69) is 26.2 Å². The molecule has 0 aromatic carbocycles. The maximum atomic E-state index is 13.3. The van der Waals surface area contributed by atoms with E-state index in [4.69, 9.17) is 0 Å². The maximum Gasteiger partial charge on any atom is 0.424 e. The van der Waals surface area contributed by atoms with Crippen molar-refractivity contribution in [2.45, 2.75) is 31.7 Å². The number of aliphatic hydroxyl groups is 1. The predicted molar refractivity (Wildman–Crippen MR) is 85.3 cm³/mol. The van der Waals surface area contributed by atoms with E-state index >= 15 is 0 Å². The number of alkyl halides is 3. The van der Waals surface area contributed by atoms with Gasteiger partial charge in [-0.05, 0) is 28.9 Å². The number of aromatic nitrogens is 1. The van der Waals surface area contributed by atoms with Crippen LogP contribution in [0.4, 0.5) is 13.2 Å². The molecule has 1 unspecified atom stereocenters. The van der Waals surface area contributed by atoms with Crippen LogP contribution in [0.2, 0.25) is 0 Å². The number of carbonyl (C=O) groups excluding carboxylic acids is 1. The van der Waals surface area contributed by atoms with Crippen molar-refractivity contribution < 1.29 is 23.1 Å². The van der Waals surface area contributed by atoms with Crippen molar-refractivity contribution in [1.82, 2.24) is 10.3 Å². The van der Waals surface area contributed by atoms with Gasteiger partial charge in [0.15, 0.2) is 0 Å². The fraction of sp³-hybridized carbons (Fsp3) is 0.385. The molecule has 2 rings (SSSR count). The second kappa shape index (κ2) is 6.88. The van der Waals surface area contributed by atoms with Crippen LogP contribution in [0.15, 0.2) is 21.3 Å². The molecule has 0 radical (unpaired) electrons. The Morgan fingerprint density at radius 2 is 2.09 bits per heavy atom. The van der Waals surface area contributed by atoms with E-state index in [1.165, 1.54) is 23.6 Å². The van der Waals surface area contributed by atoms with Gasteiger partial charge in [0.05, 0.1) is 13.0 Å². The Kier molecular flexibility index (Phi) is 5.49. The second-order valence-corrected chi connectivity index (χ2v) is 7.61. The zero-order chi connectivity index (χ0) is 17.3. The molecule has 0 bridgehead atoms. The number of thiophene rings is 1. The molecule has 0 saturated carbocycles. The Morgan fingerprint density at radius 1 is 1.39 bits per heavy atom. The quantitative estimate of drug-likeness (QED) is 0.762. The van der Waals surface area contributed by atoms with E-state index in [9.17, 15) is 23.1 Å². The van der Waals surface area contributed by atoms with Gasteiger partial charge in [0, 0.05) is 25.8 Å². The molecule has 2 aromatic rings. The van der Waals surface area contributed by atoms with Crippen LogP contribution in [-0.4, -0.2) is 22.2 Å². The molecule has 0 saturated heterocycles. The summed E-state index contributed by atoms with van der Waals surface area (Å²) < 4.78 is 40.6. The molecule has 1 atom stereocenters. The van der Waals surface area contributed by atoms with E-state index in [0.29, 0.717) is 17.0 Å². The number of nitrogens with zero attached hydrogens (tertiary/aromatic N) is 1. The van der Waals surface area contributed by atoms with E-state index in [1.807, 2.05) is 0 Å². The van der Waals surface area contributed by atoms with Gasteiger partial charge in [-0.3, -0.25) is 4.79 Å². The van der Waals surface area contributed by atoms with Gasteiger partial charge in [-0.1, -0.05) is 0 Å². The molecule has 0 aliphatic rings. The minimum Gasteiger partial charge on any atom is -0.374 e. The number of rotatable bonds is 5. The molecular weight excluding hydrogens is 417 g/mol. The highest BCUT2D eigenvalue weighted by Crippen LogP contribution is 2.42. The number of thiazole rings is 1. The molecule has 2 N–H and O–H groups in total. The van der Waals surface area contributed by atoms with Crippen LogP contribution in [0.1, 0.15) is 22.0 Å². The Morgan fingerprint density at radius 3 is 2.57 bits per heavy atom. The Labute approximate surface area is 146 Å². The Bertz CT molecular complexity index is 701. The smallest absolute Gasteiger partial charge is 0.374 e. The number of halogens is 4. The van der Waals surface area contributed by atoms with Crippen LogP contribution in [0.25, 0.3) is 0 Å². The van der Waals surface area contributed by atoms with Crippen molar-refractivity contribution in [2.75, 3.05) is 0 Å². The molecule has 2 heterocycles. The van der Waals surface area contributed by atoms with Gasteiger partial charge in [-0.25, -0.2) is 4.98 Å². The molecule has 4 nitrogen and oxygen atoms in total. The lowest BCUT2D eigenvalue weighted by molar-refractivity contribution is -0.267. The lowest BCUT2D eigenvalue weighted by atomic mass is 9.99. The van der Waals surface area contributed by atoms with Gasteiger partial charge in [0.25, 0.3) is 0 Å². The first-order chi connectivity index (χ1) is 10.6. The molecule has 1 amide bonds. The number of nitrogens with one attached hydrogen (secondary N) is 1. The molecule has 2 aromatic heterocycles. The van der Waals surface area contributed by atoms with Crippen LogP contribution in [0, 0.1) is 6.92 Å². The number of carbonyl (C=O) groups is 1. The van der Waals surface area contributed by atoms with E-state index in [1.54, 1.807) is 11.4 Å². The monoisotopic (exact) mass is 428 g/mol. The zero-order valence-electron chi connectivity index (χ0n) is 11.8. The van der Waals surface area contributed by atoms with Gasteiger partial charge in [-0.15, -0.1) is 22.7 Å². The molecule has 23 heavy (non-hydrogen) atoms. The van der Waals surface area contributed by atoms with Crippen molar-refractivity contribution >= 4 is 44.5 Å². The first kappa shape index (κ1) is 18.4. The summed E-state index contributed by atoms with van der Waals surface area (Å²) in [5, 5.41) is 15.1. The molecule has 0 aliphatic heterocycles. The summed E-state index contributed by atoms with van der Waals surface area (Å²) in [6.45, 7) is 1.62. The minimum atomic E-state index is -5.00. The summed E-state index contributed by atoms with van der Waals surface area (Å²) >= 11 is 5.29. The van der Waals surface area contributed by atoms with Crippen molar-refractivity contribution in [3.63, 3.8) is 0 Å². The Hall–Kier alpha value is -0.970. The van der Waals surface area contributed by atoms with Gasteiger partial charge < -0.3 is 10.4 Å². The maximum absolute atomic E-state index is 13.3. The highest BCUT2D eigenvalue weighted by molar-refractivity contribution is 9.10. The average molecular weight is 429 g/mol. The standard InChI is InChI=1S/C13H12BrF3N2O2S2/c1-7-5-23-11(19-7)12(21,13(15,16)17)3-10(20)18-4-9-2-8(14)6-22-9/h2,5-6,21H,3-4H2,1H3,(H,18,20). The summed E-state index contributed by atoms with van der Waals surface area (Å²) in [5.74, 6) is -0.901. The first-order valence-corrected chi connectivity index (χ1v) is 8.88.